The molecule has 1 aliphatic rings. The van der Waals surface area contributed by atoms with Crippen LogP contribution in [0.5, 0.6) is 5.75 Å². The zero-order valence-electron chi connectivity index (χ0n) is 12.5. The van der Waals surface area contributed by atoms with Gasteiger partial charge in [0.1, 0.15) is 5.75 Å². The Bertz CT molecular complexity index is 939. The molecule has 110 valence electrons. The average Bonchev–Trinajstić information content (AvgIpc) is 2.53. The molecule has 0 amide bonds. The van der Waals surface area contributed by atoms with Crippen molar-refractivity contribution in [3.63, 3.8) is 0 Å². The van der Waals surface area contributed by atoms with E-state index in [2.05, 4.69) is 6.07 Å². The van der Waals surface area contributed by atoms with E-state index in [1.54, 1.807) is 0 Å². The van der Waals surface area contributed by atoms with E-state index >= 15 is 0 Å². The van der Waals surface area contributed by atoms with Crippen molar-refractivity contribution < 1.29 is 5.11 Å². The largest absolute Gasteiger partial charge is 0.506 e. The van der Waals surface area contributed by atoms with Crippen molar-refractivity contribution in [2.75, 3.05) is 0 Å². The van der Waals surface area contributed by atoms with Crippen molar-refractivity contribution in [2.24, 2.45) is 0 Å². The Hall–Kier alpha value is -2.55. The third-order valence-electron chi connectivity index (χ3n) is 4.44. The molecule has 3 aromatic rings. The van der Waals surface area contributed by atoms with E-state index in [1.165, 1.54) is 0 Å². The van der Waals surface area contributed by atoms with Crippen LogP contribution < -0.4 is 5.56 Å². The highest BCUT2D eigenvalue weighted by molar-refractivity contribution is 5.94. The fourth-order valence-corrected chi connectivity index (χ4v) is 3.52. The van der Waals surface area contributed by atoms with Crippen LogP contribution in [0.2, 0.25) is 0 Å². The number of hydrogen-bond donors (Lipinski definition) is 1. The highest BCUT2D eigenvalue weighted by Gasteiger charge is 2.22. The van der Waals surface area contributed by atoms with Crippen LogP contribution in [0.15, 0.2) is 47.3 Å². The van der Waals surface area contributed by atoms with Crippen molar-refractivity contribution in [1.82, 2.24) is 4.57 Å². The molecule has 1 N–H and O–H groups in total. The van der Waals surface area contributed by atoms with Crippen LogP contribution in [-0.2, 0) is 13.0 Å². The van der Waals surface area contributed by atoms with Crippen LogP contribution in [0.1, 0.15) is 17.5 Å². The van der Waals surface area contributed by atoms with E-state index in [1.807, 2.05) is 47.9 Å². The maximum atomic E-state index is 12.9. The van der Waals surface area contributed by atoms with E-state index in [0.29, 0.717) is 12.1 Å². The summed E-state index contributed by atoms with van der Waals surface area (Å²) in [5.41, 5.74) is 4.26. The van der Waals surface area contributed by atoms with Gasteiger partial charge in [-0.15, -0.1) is 0 Å². The highest BCUT2D eigenvalue weighted by atomic mass is 16.3. The van der Waals surface area contributed by atoms with Gasteiger partial charge in [0, 0.05) is 11.9 Å². The second-order valence-electron chi connectivity index (χ2n) is 5.97. The predicted octanol–water partition coefficient (Wildman–Crippen LogP) is 3.63. The number of hydrogen-bond acceptors (Lipinski definition) is 2. The van der Waals surface area contributed by atoms with Crippen LogP contribution in [0.3, 0.4) is 0 Å². The van der Waals surface area contributed by atoms with Crippen LogP contribution in [0.4, 0.5) is 0 Å². The number of aryl methyl sites for hydroxylation is 3. The lowest BCUT2D eigenvalue weighted by molar-refractivity contribution is 0.479. The third-order valence-corrected chi connectivity index (χ3v) is 4.44. The van der Waals surface area contributed by atoms with Gasteiger partial charge in [0.05, 0.1) is 11.1 Å². The van der Waals surface area contributed by atoms with Crippen LogP contribution >= 0.6 is 0 Å². The molecule has 1 aromatic heterocycles. The molecule has 0 unspecified atom stereocenters. The summed E-state index contributed by atoms with van der Waals surface area (Å²) in [4.78, 5) is 12.9. The van der Waals surface area contributed by atoms with Gasteiger partial charge in [-0.1, -0.05) is 36.4 Å². The molecule has 4 rings (SSSR count). The van der Waals surface area contributed by atoms with Gasteiger partial charge in [-0.05, 0) is 42.5 Å². The van der Waals surface area contributed by atoms with E-state index in [0.717, 1.165) is 40.4 Å². The highest BCUT2D eigenvalue weighted by Crippen LogP contribution is 2.36. The lowest BCUT2D eigenvalue weighted by atomic mass is 9.95. The first kappa shape index (κ1) is 13.1. The molecule has 0 radical (unpaired) electrons. The summed E-state index contributed by atoms with van der Waals surface area (Å²) in [5, 5.41) is 11.5. The van der Waals surface area contributed by atoms with Gasteiger partial charge >= 0.3 is 0 Å². The molecule has 0 fully saturated rings. The van der Waals surface area contributed by atoms with Gasteiger partial charge < -0.3 is 9.67 Å². The Balaban J connectivity index is 2.19. The van der Waals surface area contributed by atoms with Gasteiger partial charge in [0.2, 0.25) is 0 Å². The topological polar surface area (TPSA) is 42.2 Å². The number of aromatic hydroxyl groups is 1. The normalized spacial score (nSPS) is 13.5. The fourth-order valence-electron chi connectivity index (χ4n) is 3.52. The van der Waals surface area contributed by atoms with Crippen molar-refractivity contribution in [1.29, 1.82) is 0 Å². The number of pyridine rings is 1. The molecule has 0 spiro atoms. The van der Waals surface area contributed by atoms with E-state index in [4.69, 9.17) is 0 Å². The molecule has 0 atom stereocenters. The Morgan fingerprint density at radius 2 is 1.91 bits per heavy atom. The Morgan fingerprint density at radius 3 is 2.68 bits per heavy atom. The Labute approximate surface area is 128 Å². The Morgan fingerprint density at radius 1 is 1.14 bits per heavy atom. The molecule has 0 saturated carbocycles. The average molecular weight is 291 g/mol. The van der Waals surface area contributed by atoms with Gasteiger partial charge in [0.25, 0.3) is 5.56 Å². The number of aromatic nitrogens is 1. The minimum atomic E-state index is -0.0963. The minimum absolute atomic E-state index is 0.0963. The first-order valence-electron chi connectivity index (χ1n) is 7.61. The smallest absolute Gasteiger partial charge is 0.262 e. The van der Waals surface area contributed by atoms with Crippen LogP contribution in [0.25, 0.3) is 22.0 Å². The zero-order valence-corrected chi connectivity index (χ0v) is 12.5. The molecular weight excluding hydrogens is 274 g/mol. The molecule has 3 nitrogen and oxygen atoms in total. The van der Waals surface area contributed by atoms with Gasteiger partial charge in [-0.25, -0.2) is 0 Å². The third kappa shape index (κ3) is 1.78. The van der Waals surface area contributed by atoms with Crippen molar-refractivity contribution in [2.45, 2.75) is 26.3 Å². The van der Waals surface area contributed by atoms with Gasteiger partial charge in [-0.2, -0.15) is 0 Å². The van der Waals surface area contributed by atoms with Crippen LogP contribution in [0, 0.1) is 6.92 Å². The molecular formula is C19H17NO2. The molecule has 0 saturated heterocycles. The first-order chi connectivity index (χ1) is 10.7. The van der Waals surface area contributed by atoms with E-state index < -0.39 is 0 Å². The fraction of sp³-hybridized carbons (Fsp3) is 0.211. The SMILES string of the molecule is Cc1cc2c3c(c1)c(O)c(-c1ccccc1)c(=O)n3CCC2. The van der Waals surface area contributed by atoms with Crippen molar-refractivity contribution >= 4 is 10.9 Å². The second-order valence-corrected chi connectivity index (χ2v) is 5.97. The van der Waals surface area contributed by atoms with E-state index in [-0.39, 0.29) is 11.3 Å². The second kappa shape index (κ2) is 4.73. The van der Waals surface area contributed by atoms with Gasteiger partial charge in [-0.3, -0.25) is 4.79 Å². The summed E-state index contributed by atoms with van der Waals surface area (Å²) >= 11 is 0. The molecule has 22 heavy (non-hydrogen) atoms. The molecule has 2 heterocycles. The molecule has 2 aromatic carbocycles. The molecule has 1 aliphatic heterocycles. The summed E-state index contributed by atoms with van der Waals surface area (Å²) < 4.78 is 1.83. The predicted molar refractivity (Wildman–Crippen MR) is 88.4 cm³/mol. The summed E-state index contributed by atoms with van der Waals surface area (Å²) in [6, 6.07) is 13.5. The number of nitrogens with zero attached hydrogens (tertiary/aromatic N) is 1. The minimum Gasteiger partial charge on any atom is -0.506 e. The summed E-state index contributed by atoms with van der Waals surface area (Å²) in [5.74, 6) is 0.106. The molecule has 3 heteroatoms. The standard InChI is InChI=1S/C19H17NO2/c1-12-10-14-8-5-9-20-17(14)15(11-12)18(21)16(19(20)22)13-6-3-2-4-7-13/h2-4,6-7,10-11,21H,5,8-9H2,1H3. The van der Waals surface area contributed by atoms with Crippen molar-refractivity contribution in [3.05, 3.63) is 63.9 Å². The zero-order chi connectivity index (χ0) is 15.3. The number of rotatable bonds is 1. The van der Waals surface area contributed by atoms with Crippen LogP contribution in [-0.4, -0.2) is 9.67 Å². The number of benzene rings is 2. The molecule has 0 aliphatic carbocycles. The van der Waals surface area contributed by atoms with Gasteiger partial charge in [0.15, 0.2) is 0 Å². The monoisotopic (exact) mass is 291 g/mol. The maximum Gasteiger partial charge on any atom is 0.262 e. The quantitative estimate of drug-likeness (QED) is 0.744. The van der Waals surface area contributed by atoms with Crippen molar-refractivity contribution in [3.8, 4) is 16.9 Å². The summed E-state index contributed by atoms with van der Waals surface area (Å²) in [6.45, 7) is 2.74. The summed E-state index contributed by atoms with van der Waals surface area (Å²) in [6.07, 6.45) is 1.92. The first-order valence-corrected chi connectivity index (χ1v) is 7.61. The summed E-state index contributed by atoms with van der Waals surface area (Å²) in [7, 11) is 0. The van der Waals surface area contributed by atoms with E-state index in [9.17, 15) is 9.90 Å². The lowest BCUT2D eigenvalue weighted by Crippen LogP contribution is -2.26. The molecule has 0 bridgehead atoms. The maximum absolute atomic E-state index is 12.9. The lowest BCUT2D eigenvalue weighted by Gasteiger charge is -2.22. The Kier molecular flexibility index (Phi) is 2.83.